The first kappa shape index (κ1) is 14.6. The molecule has 0 radical (unpaired) electrons. The van der Waals surface area contributed by atoms with Crippen LogP contribution in [0.4, 0.5) is 0 Å². The van der Waals surface area contributed by atoms with Crippen molar-refractivity contribution in [3.05, 3.63) is 23.8 Å². The number of β-amino-alcohol motifs (C(OH)–C–C–N with tert-alkyl or cyclic N) is 1. The van der Waals surface area contributed by atoms with Crippen molar-refractivity contribution >= 4 is 5.91 Å². The van der Waals surface area contributed by atoms with Crippen molar-refractivity contribution in [2.45, 2.75) is 6.42 Å². The Balaban J connectivity index is 2.03. The maximum atomic E-state index is 12.3. The molecule has 110 valence electrons. The highest BCUT2D eigenvalue weighted by atomic mass is 16.3. The fraction of sp³-hybridized carbons (Fsp3) is 0.500. The summed E-state index contributed by atoms with van der Waals surface area (Å²) in [5.41, 5.74) is 0.371. The maximum Gasteiger partial charge on any atom is 0.254 e. The van der Waals surface area contributed by atoms with E-state index in [0.29, 0.717) is 25.2 Å². The number of rotatable bonds is 3. The lowest BCUT2D eigenvalue weighted by molar-refractivity contribution is 0.0760. The van der Waals surface area contributed by atoms with Gasteiger partial charge in [0.15, 0.2) is 11.5 Å². The van der Waals surface area contributed by atoms with Crippen LogP contribution in [0, 0.1) is 0 Å². The minimum absolute atomic E-state index is 0.125. The number of phenolic OH excluding ortho intramolecular Hbond substituents is 2. The predicted molar refractivity (Wildman–Crippen MR) is 73.8 cm³/mol. The van der Waals surface area contributed by atoms with Crippen LogP contribution >= 0.6 is 0 Å². The van der Waals surface area contributed by atoms with Gasteiger partial charge < -0.3 is 20.2 Å². The Morgan fingerprint density at radius 1 is 1.10 bits per heavy atom. The molecule has 1 aromatic rings. The lowest BCUT2D eigenvalue weighted by Gasteiger charge is -2.21. The molecule has 6 heteroatoms. The van der Waals surface area contributed by atoms with Gasteiger partial charge in [0.1, 0.15) is 0 Å². The number of carbonyl (C=O) groups is 1. The molecule has 6 nitrogen and oxygen atoms in total. The first-order valence-corrected chi connectivity index (χ1v) is 6.76. The van der Waals surface area contributed by atoms with Gasteiger partial charge in [-0.25, -0.2) is 0 Å². The Morgan fingerprint density at radius 2 is 1.90 bits per heavy atom. The van der Waals surface area contributed by atoms with Gasteiger partial charge in [-0.2, -0.15) is 0 Å². The van der Waals surface area contributed by atoms with E-state index in [1.54, 1.807) is 4.90 Å². The van der Waals surface area contributed by atoms with Gasteiger partial charge in [-0.05, 0) is 31.2 Å². The molecule has 0 aromatic heterocycles. The second-order valence-electron chi connectivity index (χ2n) is 4.91. The van der Waals surface area contributed by atoms with E-state index in [2.05, 4.69) is 4.90 Å². The van der Waals surface area contributed by atoms with Gasteiger partial charge in [-0.1, -0.05) is 0 Å². The number of carbonyl (C=O) groups excluding carboxylic acids is 1. The van der Waals surface area contributed by atoms with Crippen molar-refractivity contribution in [2.75, 3.05) is 39.3 Å². The highest BCUT2D eigenvalue weighted by molar-refractivity contribution is 5.94. The van der Waals surface area contributed by atoms with Crippen LogP contribution in [0.3, 0.4) is 0 Å². The molecule has 2 rings (SSSR count). The average molecular weight is 280 g/mol. The van der Waals surface area contributed by atoms with Crippen LogP contribution in [0.15, 0.2) is 18.2 Å². The largest absolute Gasteiger partial charge is 0.504 e. The third kappa shape index (κ3) is 3.40. The van der Waals surface area contributed by atoms with E-state index in [1.165, 1.54) is 18.2 Å². The molecule has 0 atom stereocenters. The lowest BCUT2D eigenvalue weighted by Crippen LogP contribution is -2.35. The van der Waals surface area contributed by atoms with Gasteiger partial charge in [-0.3, -0.25) is 9.69 Å². The van der Waals surface area contributed by atoms with E-state index in [0.717, 1.165) is 19.5 Å². The van der Waals surface area contributed by atoms with Crippen molar-refractivity contribution in [2.24, 2.45) is 0 Å². The summed E-state index contributed by atoms with van der Waals surface area (Å²) in [6, 6.07) is 4.11. The van der Waals surface area contributed by atoms with E-state index in [1.807, 2.05) is 0 Å². The van der Waals surface area contributed by atoms with Crippen LogP contribution in [0.5, 0.6) is 11.5 Å². The van der Waals surface area contributed by atoms with E-state index in [4.69, 9.17) is 5.11 Å². The first-order chi connectivity index (χ1) is 9.61. The summed E-state index contributed by atoms with van der Waals surface area (Å²) in [7, 11) is 0. The zero-order valence-corrected chi connectivity index (χ0v) is 11.3. The van der Waals surface area contributed by atoms with Crippen LogP contribution in [-0.4, -0.2) is 70.4 Å². The van der Waals surface area contributed by atoms with Gasteiger partial charge in [0.05, 0.1) is 6.61 Å². The van der Waals surface area contributed by atoms with Crippen molar-refractivity contribution in [3.8, 4) is 11.5 Å². The molecule has 1 aliphatic heterocycles. The molecule has 1 heterocycles. The monoisotopic (exact) mass is 280 g/mol. The number of nitrogens with zero attached hydrogens (tertiary/aromatic N) is 2. The van der Waals surface area contributed by atoms with E-state index in [-0.39, 0.29) is 24.0 Å². The number of phenols is 2. The average Bonchev–Trinajstić information content (AvgIpc) is 2.67. The van der Waals surface area contributed by atoms with E-state index in [9.17, 15) is 15.0 Å². The van der Waals surface area contributed by atoms with Crippen LogP contribution in [0.25, 0.3) is 0 Å². The van der Waals surface area contributed by atoms with Crippen molar-refractivity contribution in [1.29, 1.82) is 0 Å². The highest BCUT2D eigenvalue weighted by Gasteiger charge is 2.20. The smallest absolute Gasteiger partial charge is 0.254 e. The summed E-state index contributed by atoms with van der Waals surface area (Å²) in [6.45, 7) is 3.60. The molecule has 1 amide bonds. The Labute approximate surface area is 117 Å². The fourth-order valence-electron chi connectivity index (χ4n) is 2.38. The summed E-state index contributed by atoms with van der Waals surface area (Å²) >= 11 is 0. The molecule has 3 N–H and O–H groups in total. The summed E-state index contributed by atoms with van der Waals surface area (Å²) in [6.07, 6.45) is 0.857. The van der Waals surface area contributed by atoms with Crippen molar-refractivity contribution in [1.82, 2.24) is 9.80 Å². The molecule has 1 aliphatic rings. The molecular formula is C14H20N2O4. The summed E-state index contributed by atoms with van der Waals surface area (Å²) in [5, 5.41) is 27.7. The second-order valence-corrected chi connectivity index (χ2v) is 4.91. The SMILES string of the molecule is O=C(c1ccc(O)c(O)c1)N1CCCN(CCO)CC1. The van der Waals surface area contributed by atoms with Crippen LogP contribution in [0.1, 0.15) is 16.8 Å². The summed E-state index contributed by atoms with van der Waals surface area (Å²) < 4.78 is 0. The number of benzene rings is 1. The molecule has 0 aliphatic carbocycles. The molecule has 1 fully saturated rings. The molecule has 0 bridgehead atoms. The fourth-order valence-corrected chi connectivity index (χ4v) is 2.38. The van der Waals surface area contributed by atoms with Crippen molar-refractivity contribution in [3.63, 3.8) is 0 Å². The Morgan fingerprint density at radius 3 is 2.60 bits per heavy atom. The Bertz CT molecular complexity index is 478. The van der Waals surface area contributed by atoms with Crippen LogP contribution < -0.4 is 0 Å². The normalized spacial score (nSPS) is 16.9. The standard InChI is InChI=1S/C14H20N2O4/c17-9-8-15-4-1-5-16(7-6-15)14(20)11-2-3-12(18)13(19)10-11/h2-3,10,17-19H,1,4-9H2. The predicted octanol–water partition coefficient (Wildman–Crippen LogP) is 0.238. The van der Waals surface area contributed by atoms with E-state index >= 15 is 0 Å². The molecular weight excluding hydrogens is 260 g/mol. The quantitative estimate of drug-likeness (QED) is 0.691. The minimum atomic E-state index is -0.285. The zero-order valence-electron chi connectivity index (χ0n) is 11.3. The van der Waals surface area contributed by atoms with Gasteiger partial charge in [0, 0.05) is 31.7 Å². The van der Waals surface area contributed by atoms with Gasteiger partial charge in [-0.15, -0.1) is 0 Å². The number of aliphatic hydroxyl groups excluding tert-OH is 1. The van der Waals surface area contributed by atoms with Crippen LogP contribution in [-0.2, 0) is 0 Å². The third-order valence-corrected chi connectivity index (χ3v) is 3.51. The second kappa shape index (κ2) is 6.58. The highest BCUT2D eigenvalue weighted by Crippen LogP contribution is 2.25. The number of aromatic hydroxyl groups is 2. The molecule has 0 unspecified atom stereocenters. The van der Waals surface area contributed by atoms with E-state index < -0.39 is 0 Å². The minimum Gasteiger partial charge on any atom is -0.504 e. The van der Waals surface area contributed by atoms with Gasteiger partial charge in [0.2, 0.25) is 0 Å². The molecule has 1 saturated heterocycles. The number of hydrogen-bond acceptors (Lipinski definition) is 5. The van der Waals surface area contributed by atoms with Crippen molar-refractivity contribution < 1.29 is 20.1 Å². The topological polar surface area (TPSA) is 84.2 Å². The summed E-state index contributed by atoms with van der Waals surface area (Å²) in [5.74, 6) is -0.662. The maximum absolute atomic E-state index is 12.3. The number of amides is 1. The molecule has 0 saturated carbocycles. The molecule has 1 aromatic carbocycles. The van der Waals surface area contributed by atoms with Gasteiger partial charge in [0.25, 0.3) is 5.91 Å². The molecule has 20 heavy (non-hydrogen) atoms. The number of aliphatic hydroxyl groups is 1. The first-order valence-electron chi connectivity index (χ1n) is 6.76. The lowest BCUT2D eigenvalue weighted by atomic mass is 10.1. The van der Waals surface area contributed by atoms with Gasteiger partial charge >= 0.3 is 0 Å². The Kier molecular flexibility index (Phi) is 4.81. The Hall–Kier alpha value is -1.79. The zero-order chi connectivity index (χ0) is 14.5. The number of hydrogen-bond donors (Lipinski definition) is 3. The van der Waals surface area contributed by atoms with Crippen LogP contribution in [0.2, 0.25) is 0 Å². The summed E-state index contributed by atoms with van der Waals surface area (Å²) in [4.78, 5) is 16.2. The third-order valence-electron chi connectivity index (χ3n) is 3.51. The molecule has 0 spiro atoms.